The fraction of sp³-hybridized carbons (Fsp3) is 0.188. The van der Waals surface area contributed by atoms with Crippen LogP contribution in [0.1, 0.15) is 21.5 Å². The van der Waals surface area contributed by atoms with Crippen molar-refractivity contribution in [3.63, 3.8) is 0 Å². The molecule has 0 saturated heterocycles. The fourth-order valence-electron chi connectivity index (χ4n) is 2.48. The summed E-state index contributed by atoms with van der Waals surface area (Å²) < 4.78 is 0.999. The molecule has 2 aromatic carbocycles. The maximum atomic E-state index is 12.4. The summed E-state index contributed by atoms with van der Waals surface area (Å²) in [5.74, 6) is -0.0360. The Morgan fingerprint density at radius 1 is 1.15 bits per heavy atom. The molecule has 1 heterocycles. The van der Waals surface area contributed by atoms with Crippen molar-refractivity contribution in [1.29, 1.82) is 0 Å². The van der Waals surface area contributed by atoms with Crippen molar-refractivity contribution >= 4 is 27.5 Å². The molecule has 4 heteroatoms. The molecule has 0 fully saturated rings. The van der Waals surface area contributed by atoms with Gasteiger partial charge in [-0.2, -0.15) is 0 Å². The number of anilines is 1. The highest BCUT2D eigenvalue weighted by Gasteiger charge is 2.17. The number of nitrogens with one attached hydrogen (secondary N) is 2. The van der Waals surface area contributed by atoms with Gasteiger partial charge in [0.2, 0.25) is 0 Å². The minimum atomic E-state index is -0.0360. The van der Waals surface area contributed by atoms with Crippen LogP contribution in [0.3, 0.4) is 0 Å². The van der Waals surface area contributed by atoms with Gasteiger partial charge in [-0.15, -0.1) is 0 Å². The highest BCUT2D eigenvalue weighted by atomic mass is 79.9. The monoisotopic (exact) mass is 330 g/mol. The summed E-state index contributed by atoms with van der Waals surface area (Å²) in [6.07, 6.45) is 0.902. The maximum Gasteiger partial charge on any atom is 0.255 e. The SMILES string of the molecule is O=C(Nc1ccc(Br)cc1)c1cccc2c1CCNC2. The number of benzene rings is 2. The molecule has 1 amide bonds. The summed E-state index contributed by atoms with van der Waals surface area (Å²) in [5, 5.41) is 6.28. The first kappa shape index (κ1) is 13.3. The number of rotatable bonds is 2. The summed E-state index contributed by atoms with van der Waals surface area (Å²) >= 11 is 3.39. The number of halogens is 1. The fourth-order valence-corrected chi connectivity index (χ4v) is 2.74. The van der Waals surface area contributed by atoms with Gasteiger partial charge in [0.1, 0.15) is 0 Å². The van der Waals surface area contributed by atoms with Crippen molar-refractivity contribution in [2.45, 2.75) is 13.0 Å². The van der Waals surface area contributed by atoms with E-state index < -0.39 is 0 Å². The van der Waals surface area contributed by atoms with E-state index in [4.69, 9.17) is 0 Å². The molecule has 0 bridgehead atoms. The van der Waals surface area contributed by atoms with Crippen LogP contribution in [0, 0.1) is 0 Å². The quantitative estimate of drug-likeness (QED) is 0.886. The topological polar surface area (TPSA) is 41.1 Å². The van der Waals surface area contributed by atoms with E-state index in [9.17, 15) is 4.79 Å². The first-order valence-electron chi connectivity index (χ1n) is 6.62. The first-order valence-corrected chi connectivity index (χ1v) is 7.42. The van der Waals surface area contributed by atoms with Crippen molar-refractivity contribution in [1.82, 2.24) is 5.32 Å². The Morgan fingerprint density at radius 3 is 2.75 bits per heavy atom. The highest BCUT2D eigenvalue weighted by molar-refractivity contribution is 9.10. The van der Waals surface area contributed by atoms with Crippen LogP contribution in [0.2, 0.25) is 0 Å². The Labute approximate surface area is 126 Å². The Bertz CT molecular complexity index is 637. The second kappa shape index (κ2) is 5.77. The van der Waals surface area contributed by atoms with Gasteiger partial charge in [0.25, 0.3) is 5.91 Å². The van der Waals surface area contributed by atoms with Crippen LogP contribution < -0.4 is 10.6 Å². The van der Waals surface area contributed by atoms with Gasteiger partial charge in [-0.3, -0.25) is 4.79 Å². The van der Waals surface area contributed by atoms with Crippen molar-refractivity contribution in [2.75, 3.05) is 11.9 Å². The molecular formula is C16H15BrN2O. The molecule has 1 aliphatic rings. The van der Waals surface area contributed by atoms with Gasteiger partial charge in [-0.1, -0.05) is 28.1 Å². The maximum absolute atomic E-state index is 12.4. The Hall–Kier alpha value is -1.65. The second-order valence-electron chi connectivity index (χ2n) is 4.83. The normalized spacial score (nSPS) is 13.7. The molecule has 2 N–H and O–H groups in total. The van der Waals surface area contributed by atoms with Gasteiger partial charge in [-0.05, 0) is 54.4 Å². The van der Waals surface area contributed by atoms with Crippen molar-refractivity contribution in [3.05, 3.63) is 63.6 Å². The van der Waals surface area contributed by atoms with Crippen LogP contribution >= 0.6 is 15.9 Å². The summed E-state index contributed by atoms with van der Waals surface area (Å²) in [7, 11) is 0. The van der Waals surface area contributed by atoms with Crippen LogP contribution in [-0.2, 0) is 13.0 Å². The largest absolute Gasteiger partial charge is 0.322 e. The van der Waals surface area contributed by atoms with Crippen LogP contribution in [0.25, 0.3) is 0 Å². The minimum absolute atomic E-state index is 0.0360. The van der Waals surface area contributed by atoms with Crippen molar-refractivity contribution in [3.8, 4) is 0 Å². The predicted molar refractivity (Wildman–Crippen MR) is 83.9 cm³/mol. The van der Waals surface area contributed by atoms with E-state index >= 15 is 0 Å². The molecule has 1 aliphatic heterocycles. The van der Waals surface area contributed by atoms with E-state index in [2.05, 4.69) is 32.6 Å². The molecule has 0 saturated carbocycles. The Kier molecular flexibility index (Phi) is 3.85. The Balaban J connectivity index is 1.85. The van der Waals surface area contributed by atoms with E-state index in [1.807, 2.05) is 36.4 Å². The lowest BCUT2D eigenvalue weighted by molar-refractivity contribution is 0.102. The molecule has 0 atom stereocenters. The predicted octanol–water partition coefficient (Wildman–Crippen LogP) is 3.35. The highest BCUT2D eigenvalue weighted by Crippen LogP contribution is 2.20. The Morgan fingerprint density at radius 2 is 1.95 bits per heavy atom. The van der Waals surface area contributed by atoms with Gasteiger partial charge in [0.05, 0.1) is 0 Å². The smallest absolute Gasteiger partial charge is 0.255 e. The lowest BCUT2D eigenvalue weighted by Crippen LogP contribution is -2.26. The minimum Gasteiger partial charge on any atom is -0.322 e. The molecule has 0 aromatic heterocycles. The zero-order valence-corrected chi connectivity index (χ0v) is 12.5. The molecular weight excluding hydrogens is 316 g/mol. The van der Waals surface area contributed by atoms with Crippen molar-refractivity contribution in [2.24, 2.45) is 0 Å². The average Bonchev–Trinajstić information content (AvgIpc) is 2.49. The number of carbonyl (C=O) groups is 1. The summed E-state index contributed by atoms with van der Waals surface area (Å²) in [5.41, 5.74) is 3.98. The van der Waals surface area contributed by atoms with Crippen LogP contribution in [-0.4, -0.2) is 12.5 Å². The lowest BCUT2D eigenvalue weighted by atomic mass is 9.95. The third kappa shape index (κ3) is 2.76. The van der Waals surface area contributed by atoms with Gasteiger partial charge < -0.3 is 10.6 Å². The third-order valence-electron chi connectivity index (χ3n) is 3.49. The number of carbonyl (C=O) groups excluding carboxylic acids is 1. The average molecular weight is 331 g/mol. The second-order valence-corrected chi connectivity index (χ2v) is 5.75. The van der Waals surface area contributed by atoms with Crippen LogP contribution in [0.5, 0.6) is 0 Å². The molecule has 0 radical (unpaired) electrons. The first-order chi connectivity index (χ1) is 9.74. The van der Waals surface area contributed by atoms with Gasteiger partial charge >= 0.3 is 0 Å². The number of fused-ring (bicyclic) bond motifs is 1. The van der Waals surface area contributed by atoms with E-state index in [-0.39, 0.29) is 5.91 Å². The van der Waals surface area contributed by atoms with Crippen LogP contribution in [0.4, 0.5) is 5.69 Å². The zero-order valence-electron chi connectivity index (χ0n) is 10.9. The van der Waals surface area contributed by atoms with Crippen molar-refractivity contribution < 1.29 is 4.79 Å². The van der Waals surface area contributed by atoms with Gasteiger partial charge in [0, 0.05) is 22.3 Å². The summed E-state index contributed by atoms with van der Waals surface area (Å²) in [4.78, 5) is 12.4. The molecule has 102 valence electrons. The molecule has 0 aliphatic carbocycles. The van der Waals surface area contributed by atoms with Gasteiger partial charge in [-0.25, -0.2) is 0 Å². The van der Waals surface area contributed by atoms with Crippen LogP contribution in [0.15, 0.2) is 46.9 Å². The molecule has 3 nitrogen and oxygen atoms in total. The van der Waals surface area contributed by atoms with E-state index in [1.165, 1.54) is 11.1 Å². The zero-order chi connectivity index (χ0) is 13.9. The third-order valence-corrected chi connectivity index (χ3v) is 4.02. The van der Waals surface area contributed by atoms with E-state index in [0.717, 1.165) is 35.2 Å². The summed E-state index contributed by atoms with van der Waals surface area (Å²) in [6.45, 7) is 1.77. The number of hydrogen-bond acceptors (Lipinski definition) is 2. The molecule has 0 unspecified atom stereocenters. The molecule has 0 spiro atoms. The lowest BCUT2D eigenvalue weighted by Gasteiger charge is -2.20. The molecule has 20 heavy (non-hydrogen) atoms. The standard InChI is InChI=1S/C16H15BrN2O/c17-12-4-6-13(7-5-12)19-16(20)15-3-1-2-11-10-18-9-8-14(11)15/h1-7,18H,8-10H2,(H,19,20). The summed E-state index contributed by atoms with van der Waals surface area (Å²) in [6, 6.07) is 13.5. The van der Waals surface area contributed by atoms with E-state index in [0.29, 0.717) is 0 Å². The molecule has 2 aromatic rings. The van der Waals surface area contributed by atoms with Gasteiger partial charge in [0.15, 0.2) is 0 Å². The molecule has 3 rings (SSSR count). The number of amides is 1. The van der Waals surface area contributed by atoms with E-state index in [1.54, 1.807) is 0 Å². The number of hydrogen-bond donors (Lipinski definition) is 2.